The zero-order valence-corrected chi connectivity index (χ0v) is 10.5. The minimum Gasteiger partial charge on any atom is -0.137 e. The third-order valence-corrected chi connectivity index (χ3v) is 2.87. The van der Waals surface area contributed by atoms with E-state index in [0.29, 0.717) is 10.3 Å². The Morgan fingerprint density at radius 3 is 2.44 bits per heavy atom. The zero-order chi connectivity index (χ0) is 11.7. The minimum atomic E-state index is 0.348. The highest BCUT2D eigenvalue weighted by Crippen LogP contribution is 2.30. The van der Waals surface area contributed by atoms with Crippen LogP contribution in [0.15, 0.2) is 24.3 Å². The molecule has 0 aliphatic heterocycles. The Hall–Kier alpha value is -1.12. The van der Waals surface area contributed by atoms with Gasteiger partial charge in [-0.15, -0.1) is 10.2 Å². The summed E-state index contributed by atoms with van der Waals surface area (Å²) >= 11 is 11.8. The van der Waals surface area contributed by atoms with Crippen LogP contribution in [-0.4, -0.2) is 10.2 Å². The van der Waals surface area contributed by atoms with Gasteiger partial charge in [0.1, 0.15) is 0 Å². The molecule has 82 valence electrons. The van der Waals surface area contributed by atoms with Gasteiger partial charge in [-0.05, 0) is 31.0 Å². The second-order valence-corrected chi connectivity index (χ2v) is 4.44. The highest BCUT2D eigenvalue weighted by atomic mass is 35.5. The van der Waals surface area contributed by atoms with E-state index in [9.17, 15) is 0 Å². The first kappa shape index (κ1) is 11.4. The van der Waals surface area contributed by atoms with Gasteiger partial charge in [0.2, 0.25) is 0 Å². The Labute approximate surface area is 104 Å². The first-order valence-electron chi connectivity index (χ1n) is 4.84. The Kier molecular flexibility index (Phi) is 3.13. The SMILES string of the molecule is Cc1ccc(C)c(-c2cc(Cl)nnc2Cl)c1. The van der Waals surface area contributed by atoms with Crippen LogP contribution in [0, 0.1) is 13.8 Å². The van der Waals surface area contributed by atoms with Gasteiger partial charge >= 0.3 is 0 Å². The second-order valence-electron chi connectivity index (χ2n) is 3.69. The van der Waals surface area contributed by atoms with E-state index in [1.807, 2.05) is 13.8 Å². The predicted octanol–water partition coefficient (Wildman–Crippen LogP) is 4.07. The highest BCUT2D eigenvalue weighted by molar-refractivity contribution is 6.33. The van der Waals surface area contributed by atoms with Crippen molar-refractivity contribution in [2.75, 3.05) is 0 Å². The molecule has 0 radical (unpaired) electrons. The lowest BCUT2D eigenvalue weighted by molar-refractivity contribution is 1.03. The highest BCUT2D eigenvalue weighted by Gasteiger charge is 2.09. The topological polar surface area (TPSA) is 25.8 Å². The number of benzene rings is 1. The van der Waals surface area contributed by atoms with Gasteiger partial charge in [-0.1, -0.05) is 47.0 Å². The summed E-state index contributed by atoms with van der Waals surface area (Å²) in [4.78, 5) is 0. The first-order valence-corrected chi connectivity index (χ1v) is 5.60. The van der Waals surface area contributed by atoms with Crippen molar-refractivity contribution in [3.63, 3.8) is 0 Å². The predicted molar refractivity (Wildman–Crippen MR) is 67.0 cm³/mol. The van der Waals surface area contributed by atoms with Gasteiger partial charge in [0.05, 0.1) is 0 Å². The van der Waals surface area contributed by atoms with Crippen LogP contribution < -0.4 is 0 Å². The van der Waals surface area contributed by atoms with E-state index < -0.39 is 0 Å². The number of hydrogen-bond acceptors (Lipinski definition) is 2. The number of halogens is 2. The Morgan fingerprint density at radius 1 is 0.938 bits per heavy atom. The molecule has 0 fully saturated rings. The molecule has 2 nitrogen and oxygen atoms in total. The van der Waals surface area contributed by atoms with Gasteiger partial charge in [0.25, 0.3) is 0 Å². The fourth-order valence-electron chi connectivity index (χ4n) is 1.57. The molecular weight excluding hydrogens is 243 g/mol. The van der Waals surface area contributed by atoms with Gasteiger partial charge in [-0.3, -0.25) is 0 Å². The van der Waals surface area contributed by atoms with E-state index in [4.69, 9.17) is 23.2 Å². The Bertz CT molecular complexity index is 489. The van der Waals surface area contributed by atoms with Crippen LogP contribution in [0.25, 0.3) is 11.1 Å². The lowest BCUT2D eigenvalue weighted by Gasteiger charge is -2.08. The van der Waals surface area contributed by atoms with Gasteiger partial charge in [-0.2, -0.15) is 0 Å². The third kappa shape index (κ3) is 2.18. The molecule has 1 heterocycles. The van der Waals surface area contributed by atoms with Crippen molar-refractivity contribution in [3.8, 4) is 11.1 Å². The van der Waals surface area contributed by atoms with Crippen LogP contribution in [-0.2, 0) is 0 Å². The number of aromatic nitrogens is 2. The maximum absolute atomic E-state index is 6.02. The summed E-state index contributed by atoms with van der Waals surface area (Å²) in [5.41, 5.74) is 4.17. The number of rotatable bonds is 1. The van der Waals surface area contributed by atoms with E-state index in [-0.39, 0.29) is 0 Å². The van der Waals surface area contributed by atoms with E-state index in [0.717, 1.165) is 16.7 Å². The Morgan fingerprint density at radius 2 is 1.69 bits per heavy atom. The molecular formula is C12H10Cl2N2. The van der Waals surface area contributed by atoms with Crippen molar-refractivity contribution < 1.29 is 0 Å². The number of hydrogen-bond donors (Lipinski definition) is 0. The second kappa shape index (κ2) is 4.40. The monoisotopic (exact) mass is 252 g/mol. The molecule has 1 aromatic carbocycles. The van der Waals surface area contributed by atoms with Crippen LogP contribution in [0.3, 0.4) is 0 Å². The Balaban J connectivity index is 2.66. The molecule has 16 heavy (non-hydrogen) atoms. The van der Waals surface area contributed by atoms with Gasteiger partial charge in [0, 0.05) is 5.56 Å². The minimum absolute atomic E-state index is 0.348. The molecule has 0 aliphatic carbocycles. The van der Waals surface area contributed by atoms with Crippen molar-refractivity contribution in [3.05, 3.63) is 45.7 Å². The summed E-state index contributed by atoms with van der Waals surface area (Å²) in [7, 11) is 0. The van der Waals surface area contributed by atoms with Crippen molar-refractivity contribution >= 4 is 23.2 Å². The third-order valence-electron chi connectivity index (χ3n) is 2.40. The molecule has 0 amide bonds. The summed E-state index contributed by atoms with van der Waals surface area (Å²) in [6.45, 7) is 4.06. The van der Waals surface area contributed by atoms with E-state index >= 15 is 0 Å². The van der Waals surface area contributed by atoms with E-state index in [1.54, 1.807) is 6.07 Å². The maximum Gasteiger partial charge on any atom is 0.159 e. The summed E-state index contributed by atoms with van der Waals surface area (Å²) in [5, 5.41) is 8.23. The summed E-state index contributed by atoms with van der Waals surface area (Å²) in [6, 6.07) is 7.91. The molecule has 4 heteroatoms. The van der Waals surface area contributed by atoms with Gasteiger partial charge in [0.15, 0.2) is 10.3 Å². The number of aryl methyl sites for hydroxylation is 2. The van der Waals surface area contributed by atoms with Crippen LogP contribution >= 0.6 is 23.2 Å². The summed E-state index contributed by atoms with van der Waals surface area (Å²) < 4.78 is 0. The molecule has 1 aromatic heterocycles. The van der Waals surface area contributed by atoms with Crippen molar-refractivity contribution in [1.29, 1.82) is 0 Å². The van der Waals surface area contributed by atoms with E-state index in [1.165, 1.54) is 5.56 Å². The van der Waals surface area contributed by atoms with Crippen LogP contribution in [0.4, 0.5) is 0 Å². The summed E-state index contributed by atoms with van der Waals surface area (Å²) in [6.07, 6.45) is 0. The molecule has 0 unspecified atom stereocenters. The van der Waals surface area contributed by atoms with Gasteiger partial charge in [-0.25, -0.2) is 0 Å². The molecule has 0 atom stereocenters. The van der Waals surface area contributed by atoms with Crippen LogP contribution in [0.1, 0.15) is 11.1 Å². The van der Waals surface area contributed by atoms with Crippen molar-refractivity contribution in [2.45, 2.75) is 13.8 Å². The van der Waals surface area contributed by atoms with Crippen LogP contribution in [0.2, 0.25) is 10.3 Å². The molecule has 0 spiro atoms. The molecule has 2 aromatic rings. The molecule has 0 bridgehead atoms. The summed E-state index contributed by atoms with van der Waals surface area (Å²) in [5.74, 6) is 0. The van der Waals surface area contributed by atoms with E-state index in [2.05, 4.69) is 28.4 Å². The van der Waals surface area contributed by atoms with Crippen molar-refractivity contribution in [1.82, 2.24) is 10.2 Å². The maximum atomic E-state index is 6.02. The standard InChI is InChI=1S/C12H10Cl2N2/c1-7-3-4-8(2)9(5-7)10-6-11(13)15-16-12(10)14/h3-6H,1-2H3. The fourth-order valence-corrected chi connectivity index (χ4v) is 1.91. The quantitative estimate of drug-likeness (QED) is 0.765. The van der Waals surface area contributed by atoms with Crippen LogP contribution in [0.5, 0.6) is 0 Å². The number of nitrogens with zero attached hydrogens (tertiary/aromatic N) is 2. The average Bonchev–Trinajstić information content (AvgIpc) is 2.25. The lowest BCUT2D eigenvalue weighted by Crippen LogP contribution is -1.91. The average molecular weight is 253 g/mol. The lowest BCUT2D eigenvalue weighted by atomic mass is 10.0. The molecule has 0 N–H and O–H groups in total. The zero-order valence-electron chi connectivity index (χ0n) is 8.96. The molecule has 0 saturated heterocycles. The molecule has 0 aliphatic rings. The molecule has 0 saturated carbocycles. The smallest absolute Gasteiger partial charge is 0.137 e. The van der Waals surface area contributed by atoms with Crippen molar-refractivity contribution in [2.24, 2.45) is 0 Å². The molecule has 2 rings (SSSR count). The fraction of sp³-hybridized carbons (Fsp3) is 0.167. The first-order chi connectivity index (χ1) is 7.58. The van der Waals surface area contributed by atoms with Gasteiger partial charge < -0.3 is 0 Å². The largest absolute Gasteiger partial charge is 0.159 e. The normalized spacial score (nSPS) is 10.5.